The van der Waals surface area contributed by atoms with Crippen molar-refractivity contribution in [1.82, 2.24) is 5.32 Å². The molecule has 0 heterocycles. The van der Waals surface area contributed by atoms with Crippen LogP contribution in [0.15, 0.2) is 24.3 Å². The Kier molecular flexibility index (Phi) is 5.59. The molecule has 0 spiro atoms. The number of halogens is 1. The molecule has 17 heavy (non-hydrogen) atoms. The predicted octanol–water partition coefficient (Wildman–Crippen LogP) is 2.96. The first-order valence-corrected chi connectivity index (χ1v) is 6.14. The lowest BCUT2D eigenvalue weighted by Gasteiger charge is -2.14. The minimum Gasteiger partial charge on any atom is -0.348 e. The van der Waals surface area contributed by atoms with Crippen LogP contribution in [0.4, 0.5) is 0 Å². The van der Waals surface area contributed by atoms with Crippen LogP contribution in [0.1, 0.15) is 35.7 Å². The average Bonchev–Trinajstić information content (AvgIpc) is 2.38. The second-order valence-electron chi connectivity index (χ2n) is 3.82. The maximum atomic E-state index is 11.9. The summed E-state index contributed by atoms with van der Waals surface area (Å²) in [4.78, 5) is 11.9. The van der Waals surface area contributed by atoms with Crippen molar-refractivity contribution in [2.75, 3.05) is 0 Å². The van der Waals surface area contributed by atoms with Crippen LogP contribution in [-0.2, 0) is 5.88 Å². The maximum Gasteiger partial charge on any atom is 0.251 e. The second kappa shape index (κ2) is 6.98. The highest BCUT2D eigenvalue weighted by Gasteiger charge is 2.10. The SMILES string of the molecule is C#CCC(CC)NC(=O)c1ccc(CCl)cc1. The van der Waals surface area contributed by atoms with Gasteiger partial charge in [0, 0.05) is 23.9 Å². The van der Waals surface area contributed by atoms with E-state index in [9.17, 15) is 4.79 Å². The van der Waals surface area contributed by atoms with Crippen LogP contribution in [0.5, 0.6) is 0 Å². The monoisotopic (exact) mass is 249 g/mol. The molecule has 0 saturated carbocycles. The largest absolute Gasteiger partial charge is 0.348 e. The van der Waals surface area contributed by atoms with Gasteiger partial charge < -0.3 is 5.32 Å². The highest BCUT2D eigenvalue weighted by Crippen LogP contribution is 2.07. The zero-order valence-corrected chi connectivity index (χ0v) is 10.6. The van der Waals surface area contributed by atoms with E-state index in [2.05, 4.69) is 11.2 Å². The van der Waals surface area contributed by atoms with Gasteiger partial charge in [0.15, 0.2) is 0 Å². The topological polar surface area (TPSA) is 29.1 Å². The quantitative estimate of drug-likeness (QED) is 0.631. The van der Waals surface area contributed by atoms with Crippen LogP contribution >= 0.6 is 11.6 Å². The lowest BCUT2D eigenvalue weighted by atomic mass is 10.1. The standard InChI is InChI=1S/C14H16ClNO/c1-3-5-13(4-2)16-14(17)12-8-6-11(10-15)7-9-12/h1,6-9,13H,4-5,10H2,2H3,(H,16,17). The highest BCUT2D eigenvalue weighted by atomic mass is 35.5. The van der Waals surface area contributed by atoms with E-state index in [0.717, 1.165) is 12.0 Å². The summed E-state index contributed by atoms with van der Waals surface area (Å²) < 4.78 is 0. The number of hydrogen-bond donors (Lipinski definition) is 1. The van der Waals surface area contributed by atoms with E-state index in [4.69, 9.17) is 18.0 Å². The van der Waals surface area contributed by atoms with Gasteiger partial charge in [0.25, 0.3) is 5.91 Å². The van der Waals surface area contributed by atoms with Crippen LogP contribution in [-0.4, -0.2) is 11.9 Å². The third-order valence-electron chi connectivity index (χ3n) is 2.56. The van der Waals surface area contributed by atoms with Gasteiger partial charge in [-0.3, -0.25) is 4.79 Å². The number of alkyl halides is 1. The first kappa shape index (κ1) is 13.6. The molecule has 1 aromatic rings. The van der Waals surface area contributed by atoms with Crippen molar-refractivity contribution in [2.24, 2.45) is 0 Å². The van der Waals surface area contributed by atoms with Crippen LogP contribution < -0.4 is 5.32 Å². The molecule has 0 fully saturated rings. The maximum absolute atomic E-state index is 11.9. The number of terminal acetylenes is 1. The van der Waals surface area contributed by atoms with Crippen molar-refractivity contribution in [3.8, 4) is 12.3 Å². The van der Waals surface area contributed by atoms with Gasteiger partial charge in [-0.1, -0.05) is 19.1 Å². The van der Waals surface area contributed by atoms with Gasteiger partial charge in [-0.25, -0.2) is 0 Å². The molecule has 2 nitrogen and oxygen atoms in total. The summed E-state index contributed by atoms with van der Waals surface area (Å²) in [5.74, 6) is 2.93. The molecule has 0 aliphatic rings. The predicted molar refractivity (Wildman–Crippen MR) is 71.0 cm³/mol. The number of nitrogens with one attached hydrogen (secondary N) is 1. The van der Waals surface area contributed by atoms with Crippen molar-refractivity contribution < 1.29 is 4.79 Å². The van der Waals surface area contributed by atoms with Gasteiger partial charge in [0.05, 0.1) is 0 Å². The fourth-order valence-electron chi connectivity index (χ4n) is 1.45. The Labute approximate surface area is 107 Å². The fraction of sp³-hybridized carbons (Fsp3) is 0.357. The Bertz CT molecular complexity index is 405. The van der Waals surface area contributed by atoms with Crippen molar-refractivity contribution >= 4 is 17.5 Å². The van der Waals surface area contributed by atoms with E-state index >= 15 is 0 Å². The van der Waals surface area contributed by atoms with Crippen molar-refractivity contribution in [3.63, 3.8) is 0 Å². The Balaban J connectivity index is 2.65. The fourth-order valence-corrected chi connectivity index (χ4v) is 1.63. The van der Waals surface area contributed by atoms with E-state index in [-0.39, 0.29) is 11.9 Å². The van der Waals surface area contributed by atoms with Gasteiger partial charge in [-0.05, 0) is 24.1 Å². The molecule has 1 atom stereocenters. The minimum atomic E-state index is -0.0896. The number of carbonyl (C=O) groups is 1. The van der Waals surface area contributed by atoms with Gasteiger partial charge in [0.2, 0.25) is 0 Å². The molecular weight excluding hydrogens is 234 g/mol. The summed E-state index contributed by atoms with van der Waals surface area (Å²) in [5.41, 5.74) is 1.63. The molecule has 1 N–H and O–H groups in total. The Morgan fingerprint density at radius 1 is 1.47 bits per heavy atom. The molecule has 1 aromatic carbocycles. The molecule has 1 amide bonds. The molecule has 0 saturated heterocycles. The summed E-state index contributed by atoms with van der Waals surface area (Å²) in [6.07, 6.45) is 6.63. The van der Waals surface area contributed by atoms with E-state index in [1.165, 1.54) is 0 Å². The van der Waals surface area contributed by atoms with Gasteiger partial charge >= 0.3 is 0 Å². The number of rotatable bonds is 5. The number of amides is 1. The molecule has 0 bridgehead atoms. The molecule has 1 rings (SSSR count). The highest BCUT2D eigenvalue weighted by molar-refractivity contribution is 6.17. The third-order valence-corrected chi connectivity index (χ3v) is 2.87. The first-order chi connectivity index (χ1) is 8.21. The average molecular weight is 250 g/mol. The third kappa shape index (κ3) is 4.13. The minimum absolute atomic E-state index is 0.0419. The van der Waals surface area contributed by atoms with Crippen LogP contribution in [0.25, 0.3) is 0 Å². The summed E-state index contributed by atoms with van der Waals surface area (Å²) in [6, 6.07) is 7.29. The Morgan fingerprint density at radius 3 is 2.59 bits per heavy atom. The number of carbonyl (C=O) groups excluding carboxylic acids is 1. The van der Waals surface area contributed by atoms with Crippen LogP contribution in [0, 0.1) is 12.3 Å². The van der Waals surface area contributed by atoms with E-state index < -0.39 is 0 Å². The number of hydrogen-bond acceptors (Lipinski definition) is 1. The number of benzene rings is 1. The molecule has 0 aliphatic heterocycles. The zero-order chi connectivity index (χ0) is 12.7. The summed E-state index contributed by atoms with van der Waals surface area (Å²) in [6.45, 7) is 2.00. The van der Waals surface area contributed by atoms with E-state index in [1.54, 1.807) is 12.1 Å². The normalized spacial score (nSPS) is 11.6. The Morgan fingerprint density at radius 2 is 2.12 bits per heavy atom. The summed E-state index contributed by atoms with van der Waals surface area (Å²) in [7, 11) is 0. The van der Waals surface area contributed by atoms with Crippen molar-refractivity contribution in [1.29, 1.82) is 0 Å². The molecular formula is C14H16ClNO. The van der Waals surface area contributed by atoms with Crippen LogP contribution in [0.3, 0.4) is 0 Å². The zero-order valence-electron chi connectivity index (χ0n) is 9.87. The van der Waals surface area contributed by atoms with Gasteiger partial charge in [0.1, 0.15) is 0 Å². The van der Waals surface area contributed by atoms with Crippen LogP contribution in [0.2, 0.25) is 0 Å². The van der Waals surface area contributed by atoms with Gasteiger partial charge in [-0.15, -0.1) is 23.9 Å². The molecule has 3 heteroatoms. The second-order valence-corrected chi connectivity index (χ2v) is 4.08. The smallest absolute Gasteiger partial charge is 0.251 e. The van der Waals surface area contributed by atoms with E-state index in [0.29, 0.717) is 17.9 Å². The molecule has 90 valence electrons. The lowest BCUT2D eigenvalue weighted by Crippen LogP contribution is -2.34. The summed E-state index contributed by atoms with van der Waals surface area (Å²) >= 11 is 5.68. The van der Waals surface area contributed by atoms with Crippen molar-refractivity contribution in [3.05, 3.63) is 35.4 Å². The summed E-state index contributed by atoms with van der Waals surface area (Å²) in [5, 5.41) is 2.91. The molecule has 0 aromatic heterocycles. The van der Waals surface area contributed by atoms with Gasteiger partial charge in [-0.2, -0.15) is 0 Å². The lowest BCUT2D eigenvalue weighted by molar-refractivity contribution is 0.0936. The van der Waals surface area contributed by atoms with E-state index in [1.807, 2.05) is 19.1 Å². The molecule has 0 aliphatic carbocycles. The molecule has 1 unspecified atom stereocenters. The van der Waals surface area contributed by atoms with Crippen molar-refractivity contribution in [2.45, 2.75) is 31.7 Å². The first-order valence-electron chi connectivity index (χ1n) is 5.60. The molecule has 0 radical (unpaired) electrons. The Hall–Kier alpha value is -1.46.